The average molecular weight is 327 g/mol. The third-order valence-electron chi connectivity index (χ3n) is 3.89. The van der Waals surface area contributed by atoms with Gasteiger partial charge in [-0.2, -0.15) is 0 Å². The maximum atomic E-state index is 11.4. The van der Waals surface area contributed by atoms with Gasteiger partial charge in [-0.05, 0) is 38.7 Å². The molecular weight excluding hydrogens is 306 g/mol. The number of nitro benzene ring substituents is 1. The molecule has 2 aromatic carbocycles. The zero-order valence-electron chi connectivity index (χ0n) is 14.0. The molecule has 126 valence electrons. The maximum Gasteiger partial charge on any atom is 0.293 e. The molecule has 0 amide bonds. The predicted octanol–water partition coefficient (Wildman–Crippen LogP) is 3.51. The molecule has 0 bridgehead atoms. The van der Waals surface area contributed by atoms with E-state index in [0.29, 0.717) is 17.8 Å². The lowest BCUT2D eigenvalue weighted by Crippen LogP contribution is -2.27. The molecule has 0 saturated carbocycles. The minimum absolute atomic E-state index is 0.0679. The second-order valence-corrected chi connectivity index (χ2v) is 5.82. The van der Waals surface area contributed by atoms with Gasteiger partial charge in [-0.3, -0.25) is 14.9 Å². The van der Waals surface area contributed by atoms with Crippen molar-refractivity contribution in [1.82, 2.24) is 4.90 Å². The van der Waals surface area contributed by atoms with Crippen LogP contribution in [0.5, 0.6) is 0 Å². The number of hydrogen-bond acceptors (Lipinski definition) is 5. The van der Waals surface area contributed by atoms with Crippen LogP contribution >= 0.6 is 0 Å². The lowest BCUT2D eigenvalue weighted by Gasteiger charge is -2.25. The molecule has 0 aliphatic carbocycles. The molecule has 0 aliphatic rings. The molecule has 6 heteroatoms. The number of hydrogen-bond donors (Lipinski definition) is 1. The third kappa shape index (κ3) is 4.17. The molecule has 0 unspecified atom stereocenters. The molecule has 0 aliphatic heterocycles. The SMILES string of the molecule is CC(=O)c1ccc(NC[C@H](c2ccccc2)N(C)C)c([N+](=O)[O-])c1. The highest BCUT2D eigenvalue weighted by atomic mass is 16.6. The molecule has 0 saturated heterocycles. The van der Waals surface area contributed by atoms with Crippen LogP contribution < -0.4 is 5.32 Å². The Morgan fingerprint density at radius 3 is 2.42 bits per heavy atom. The largest absolute Gasteiger partial charge is 0.378 e. The van der Waals surface area contributed by atoms with E-state index in [9.17, 15) is 14.9 Å². The van der Waals surface area contributed by atoms with E-state index < -0.39 is 4.92 Å². The van der Waals surface area contributed by atoms with Gasteiger partial charge >= 0.3 is 0 Å². The molecule has 24 heavy (non-hydrogen) atoms. The van der Waals surface area contributed by atoms with Gasteiger partial charge < -0.3 is 10.2 Å². The summed E-state index contributed by atoms with van der Waals surface area (Å²) in [6.45, 7) is 1.90. The summed E-state index contributed by atoms with van der Waals surface area (Å²) in [7, 11) is 3.93. The smallest absolute Gasteiger partial charge is 0.293 e. The van der Waals surface area contributed by atoms with Crippen molar-refractivity contribution >= 4 is 17.2 Å². The Bertz CT molecular complexity index is 730. The summed E-state index contributed by atoms with van der Waals surface area (Å²) >= 11 is 0. The van der Waals surface area contributed by atoms with Crippen LogP contribution in [0.4, 0.5) is 11.4 Å². The minimum Gasteiger partial charge on any atom is -0.378 e. The van der Waals surface area contributed by atoms with Gasteiger partial charge in [0.2, 0.25) is 0 Å². The molecule has 0 aromatic heterocycles. The fourth-order valence-corrected chi connectivity index (χ4v) is 2.53. The summed E-state index contributed by atoms with van der Waals surface area (Å²) < 4.78 is 0. The van der Waals surface area contributed by atoms with Gasteiger partial charge in [0.1, 0.15) is 5.69 Å². The van der Waals surface area contributed by atoms with Crippen LogP contribution in [0.3, 0.4) is 0 Å². The van der Waals surface area contributed by atoms with Crippen LogP contribution in [0.25, 0.3) is 0 Å². The number of nitrogens with one attached hydrogen (secondary N) is 1. The van der Waals surface area contributed by atoms with Crippen molar-refractivity contribution in [3.8, 4) is 0 Å². The number of rotatable bonds is 7. The Labute approximate surface area is 141 Å². The Morgan fingerprint density at radius 1 is 1.21 bits per heavy atom. The molecule has 0 spiro atoms. The first-order valence-corrected chi connectivity index (χ1v) is 7.64. The first kappa shape index (κ1) is 17.6. The molecule has 2 rings (SSSR count). The van der Waals surface area contributed by atoms with Gasteiger partial charge in [0, 0.05) is 18.2 Å². The van der Waals surface area contributed by atoms with Crippen molar-refractivity contribution in [2.45, 2.75) is 13.0 Å². The molecule has 2 aromatic rings. The maximum absolute atomic E-state index is 11.4. The molecule has 1 atom stereocenters. The molecule has 0 radical (unpaired) electrons. The second kappa shape index (κ2) is 7.70. The van der Waals surface area contributed by atoms with E-state index in [1.165, 1.54) is 13.0 Å². The lowest BCUT2D eigenvalue weighted by molar-refractivity contribution is -0.384. The second-order valence-electron chi connectivity index (χ2n) is 5.82. The topological polar surface area (TPSA) is 75.5 Å². The van der Waals surface area contributed by atoms with Crippen LogP contribution in [0.2, 0.25) is 0 Å². The minimum atomic E-state index is -0.470. The highest BCUT2D eigenvalue weighted by molar-refractivity contribution is 5.95. The lowest BCUT2D eigenvalue weighted by atomic mass is 10.1. The van der Waals surface area contributed by atoms with E-state index in [4.69, 9.17) is 0 Å². The Hall–Kier alpha value is -2.73. The molecule has 0 heterocycles. The standard InChI is InChI=1S/C18H21N3O3/c1-13(22)15-9-10-16(17(11-15)21(23)24)19-12-18(20(2)3)14-7-5-4-6-8-14/h4-11,18-19H,12H2,1-3H3/t18-/m1/s1. The molecule has 6 nitrogen and oxygen atoms in total. The summed E-state index contributed by atoms with van der Waals surface area (Å²) in [5.41, 5.74) is 1.78. The average Bonchev–Trinajstić information content (AvgIpc) is 2.55. The summed E-state index contributed by atoms with van der Waals surface area (Å²) in [6, 6.07) is 14.5. The van der Waals surface area contributed by atoms with E-state index in [1.54, 1.807) is 12.1 Å². The zero-order valence-corrected chi connectivity index (χ0v) is 14.0. The van der Waals surface area contributed by atoms with Gasteiger partial charge in [0.15, 0.2) is 5.78 Å². The number of nitrogens with zero attached hydrogens (tertiary/aromatic N) is 2. The van der Waals surface area contributed by atoms with Gasteiger partial charge in [0.05, 0.1) is 11.0 Å². The van der Waals surface area contributed by atoms with Crippen molar-refractivity contribution < 1.29 is 9.72 Å². The summed E-state index contributed by atoms with van der Waals surface area (Å²) in [6.07, 6.45) is 0. The first-order valence-electron chi connectivity index (χ1n) is 7.64. The fourth-order valence-electron chi connectivity index (χ4n) is 2.53. The number of anilines is 1. The Kier molecular flexibility index (Phi) is 5.65. The number of benzene rings is 2. The van der Waals surface area contributed by atoms with E-state index in [0.717, 1.165) is 5.56 Å². The summed E-state index contributed by atoms with van der Waals surface area (Å²) in [5, 5.41) is 14.4. The number of ketones is 1. The Morgan fingerprint density at radius 2 is 1.88 bits per heavy atom. The third-order valence-corrected chi connectivity index (χ3v) is 3.89. The highest BCUT2D eigenvalue weighted by Crippen LogP contribution is 2.27. The molecule has 0 fully saturated rings. The summed E-state index contributed by atoms with van der Waals surface area (Å²) in [5.74, 6) is -0.194. The van der Waals surface area contributed by atoms with Gasteiger partial charge in [0.25, 0.3) is 5.69 Å². The number of carbonyl (C=O) groups is 1. The number of likely N-dealkylation sites (N-methyl/N-ethyl adjacent to an activating group) is 1. The normalized spacial score (nSPS) is 12.0. The van der Waals surface area contributed by atoms with Crippen molar-refractivity contribution in [3.63, 3.8) is 0 Å². The molecular formula is C18H21N3O3. The summed E-state index contributed by atoms with van der Waals surface area (Å²) in [4.78, 5) is 24.3. The number of nitro groups is 1. The van der Waals surface area contributed by atoms with Crippen LogP contribution in [-0.4, -0.2) is 36.2 Å². The Balaban J connectivity index is 2.23. The predicted molar refractivity (Wildman–Crippen MR) is 94.5 cm³/mol. The van der Waals surface area contributed by atoms with Crippen molar-refractivity contribution in [2.75, 3.05) is 26.0 Å². The highest BCUT2D eigenvalue weighted by Gasteiger charge is 2.19. The van der Waals surface area contributed by atoms with Crippen molar-refractivity contribution in [3.05, 3.63) is 69.8 Å². The van der Waals surface area contributed by atoms with Crippen LogP contribution in [0.15, 0.2) is 48.5 Å². The van der Waals surface area contributed by atoms with Crippen LogP contribution in [0, 0.1) is 10.1 Å². The zero-order chi connectivity index (χ0) is 17.7. The van der Waals surface area contributed by atoms with Crippen molar-refractivity contribution in [2.24, 2.45) is 0 Å². The van der Waals surface area contributed by atoms with E-state index in [1.807, 2.05) is 44.4 Å². The van der Waals surface area contributed by atoms with E-state index >= 15 is 0 Å². The number of Topliss-reactive ketones (excluding diaryl/α,β-unsaturated/α-hetero) is 1. The van der Waals surface area contributed by atoms with E-state index in [2.05, 4.69) is 10.2 Å². The number of carbonyl (C=O) groups excluding carboxylic acids is 1. The monoisotopic (exact) mass is 327 g/mol. The fraction of sp³-hybridized carbons (Fsp3) is 0.278. The van der Waals surface area contributed by atoms with Crippen molar-refractivity contribution in [1.29, 1.82) is 0 Å². The quantitative estimate of drug-likeness (QED) is 0.478. The van der Waals surface area contributed by atoms with Crippen LogP contribution in [0.1, 0.15) is 28.9 Å². The van der Waals surface area contributed by atoms with Gasteiger partial charge in [-0.1, -0.05) is 30.3 Å². The molecule has 1 N–H and O–H groups in total. The van der Waals surface area contributed by atoms with Crippen LogP contribution in [-0.2, 0) is 0 Å². The van der Waals surface area contributed by atoms with Gasteiger partial charge in [-0.25, -0.2) is 0 Å². The first-order chi connectivity index (χ1) is 11.4. The van der Waals surface area contributed by atoms with E-state index in [-0.39, 0.29) is 17.5 Å². The van der Waals surface area contributed by atoms with Gasteiger partial charge in [-0.15, -0.1) is 0 Å².